The average molecular weight is 483 g/mol. The molecule has 1 N–H and O–H groups in total. The fraction of sp³-hybridized carbons (Fsp3) is 0.179. The molecule has 0 spiro atoms. The van der Waals surface area contributed by atoms with E-state index >= 15 is 0 Å². The lowest BCUT2D eigenvalue weighted by atomic mass is 10.1. The van der Waals surface area contributed by atoms with E-state index in [-0.39, 0.29) is 17.2 Å². The predicted molar refractivity (Wildman–Crippen MR) is 138 cm³/mol. The summed E-state index contributed by atoms with van der Waals surface area (Å²) >= 11 is 1.62. The Labute approximate surface area is 209 Å². The molecule has 0 bridgehead atoms. The van der Waals surface area contributed by atoms with Crippen LogP contribution in [-0.2, 0) is 17.9 Å². The normalized spacial score (nSPS) is 15.4. The number of rotatable bonds is 7. The third-order valence-electron chi connectivity index (χ3n) is 6.12. The van der Waals surface area contributed by atoms with E-state index in [1.165, 1.54) is 0 Å². The predicted octanol–water partition coefficient (Wildman–Crippen LogP) is 4.88. The minimum absolute atomic E-state index is 0.0440. The fourth-order valence-corrected chi connectivity index (χ4v) is 5.38. The van der Waals surface area contributed by atoms with Gasteiger partial charge in [0.05, 0.1) is 5.75 Å². The third kappa shape index (κ3) is 5.15. The van der Waals surface area contributed by atoms with Crippen molar-refractivity contribution in [2.24, 2.45) is 0 Å². The number of aryl methyl sites for hydroxylation is 1. The van der Waals surface area contributed by atoms with Gasteiger partial charge in [-0.2, -0.15) is 0 Å². The highest BCUT2D eigenvalue weighted by Crippen LogP contribution is 2.39. The van der Waals surface area contributed by atoms with Gasteiger partial charge < -0.3 is 14.8 Å². The molecule has 176 valence electrons. The van der Waals surface area contributed by atoms with Crippen molar-refractivity contribution in [2.75, 3.05) is 5.75 Å². The van der Waals surface area contributed by atoms with E-state index in [0.29, 0.717) is 24.4 Å². The molecule has 1 aromatic heterocycles. The Morgan fingerprint density at radius 1 is 1.00 bits per heavy atom. The minimum atomic E-state index is -0.123. The number of carbonyl (C=O) groups excluding carboxylic acids is 2. The Morgan fingerprint density at radius 3 is 2.43 bits per heavy atom. The van der Waals surface area contributed by atoms with Crippen LogP contribution in [0.25, 0.3) is 5.69 Å². The summed E-state index contributed by atoms with van der Waals surface area (Å²) in [6.45, 7) is 2.99. The number of carbonyl (C=O) groups is 2. The zero-order chi connectivity index (χ0) is 24.2. The zero-order valence-electron chi connectivity index (χ0n) is 19.4. The molecule has 1 fully saturated rings. The number of amides is 2. The van der Waals surface area contributed by atoms with E-state index in [1.54, 1.807) is 18.0 Å². The highest BCUT2D eigenvalue weighted by atomic mass is 32.2. The van der Waals surface area contributed by atoms with Crippen molar-refractivity contribution in [3.05, 3.63) is 119 Å². The Hall–Kier alpha value is -3.84. The van der Waals surface area contributed by atoms with Crippen LogP contribution in [0, 0.1) is 6.92 Å². The molecule has 1 aliphatic rings. The van der Waals surface area contributed by atoms with Gasteiger partial charge >= 0.3 is 0 Å². The molecule has 7 heteroatoms. The minimum Gasteiger partial charge on any atom is -0.348 e. The molecule has 1 aliphatic heterocycles. The molecule has 3 aromatic carbocycles. The summed E-state index contributed by atoms with van der Waals surface area (Å²) in [7, 11) is 0. The van der Waals surface area contributed by atoms with Crippen LogP contribution < -0.4 is 5.32 Å². The number of thioether (sulfide) groups is 1. The maximum absolute atomic E-state index is 12.7. The highest BCUT2D eigenvalue weighted by molar-refractivity contribution is 8.00. The second-order valence-electron chi connectivity index (χ2n) is 8.49. The van der Waals surface area contributed by atoms with Crippen molar-refractivity contribution < 1.29 is 9.59 Å². The van der Waals surface area contributed by atoms with Gasteiger partial charge in [0.15, 0.2) is 0 Å². The van der Waals surface area contributed by atoms with Gasteiger partial charge in [-0.15, -0.1) is 11.8 Å². The van der Waals surface area contributed by atoms with E-state index < -0.39 is 0 Å². The SMILES string of the molecule is Cc1nccn1-c1ccc(CNC(=O)c2ccc([C@@H]3SCC(=O)N3Cc3ccccc3)cc2)cc1. The lowest BCUT2D eigenvalue weighted by molar-refractivity contribution is -0.128. The van der Waals surface area contributed by atoms with Gasteiger partial charge in [-0.3, -0.25) is 9.59 Å². The number of benzene rings is 3. The first-order valence-corrected chi connectivity index (χ1v) is 12.6. The Bertz CT molecular complexity index is 1320. The average Bonchev–Trinajstić information content (AvgIpc) is 3.49. The van der Waals surface area contributed by atoms with Crippen LogP contribution in [0.1, 0.15) is 38.2 Å². The maximum Gasteiger partial charge on any atom is 0.251 e. The molecule has 0 aliphatic carbocycles. The lowest BCUT2D eigenvalue weighted by Crippen LogP contribution is -2.27. The van der Waals surface area contributed by atoms with Crippen LogP contribution >= 0.6 is 11.8 Å². The number of nitrogens with zero attached hydrogens (tertiary/aromatic N) is 3. The monoisotopic (exact) mass is 482 g/mol. The summed E-state index contributed by atoms with van der Waals surface area (Å²) in [6.07, 6.45) is 3.70. The molecular weight excluding hydrogens is 456 g/mol. The number of hydrogen-bond acceptors (Lipinski definition) is 4. The number of aromatic nitrogens is 2. The second-order valence-corrected chi connectivity index (χ2v) is 9.55. The molecule has 5 rings (SSSR count). The topological polar surface area (TPSA) is 67.2 Å². The molecule has 0 radical (unpaired) electrons. The van der Waals surface area contributed by atoms with Crippen molar-refractivity contribution in [2.45, 2.75) is 25.4 Å². The van der Waals surface area contributed by atoms with Gasteiger partial charge in [-0.25, -0.2) is 4.98 Å². The smallest absolute Gasteiger partial charge is 0.251 e. The van der Waals surface area contributed by atoms with Crippen molar-refractivity contribution in [3.63, 3.8) is 0 Å². The van der Waals surface area contributed by atoms with E-state index in [1.807, 2.05) is 101 Å². The summed E-state index contributed by atoms with van der Waals surface area (Å²) < 4.78 is 2.01. The van der Waals surface area contributed by atoms with Gasteiger partial charge in [-0.1, -0.05) is 54.6 Å². The first-order chi connectivity index (χ1) is 17.1. The van der Waals surface area contributed by atoms with Crippen molar-refractivity contribution >= 4 is 23.6 Å². The molecular formula is C28H26N4O2S. The van der Waals surface area contributed by atoms with Gasteiger partial charge in [-0.05, 0) is 47.9 Å². The maximum atomic E-state index is 12.7. The van der Waals surface area contributed by atoms with Crippen LogP contribution in [0.3, 0.4) is 0 Å². The van der Waals surface area contributed by atoms with Crippen molar-refractivity contribution in [1.82, 2.24) is 19.8 Å². The van der Waals surface area contributed by atoms with E-state index in [0.717, 1.165) is 28.2 Å². The second kappa shape index (κ2) is 10.2. The Kier molecular flexibility index (Phi) is 6.68. The first kappa shape index (κ1) is 22.9. The Morgan fingerprint density at radius 2 is 1.74 bits per heavy atom. The van der Waals surface area contributed by atoms with Crippen LogP contribution in [0.2, 0.25) is 0 Å². The van der Waals surface area contributed by atoms with Gasteiger partial charge in [0.1, 0.15) is 11.2 Å². The molecule has 4 aromatic rings. The van der Waals surface area contributed by atoms with Gasteiger partial charge in [0, 0.05) is 36.7 Å². The molecule has 0 saturated carbocycles. The Balaban J connectivity index is 1.20. The van der Waals surface area contributed by atoms with Gasteiger partial charge in [0.25, 0.3) is 5.91 Å². The molecule has 6 nitrogen and oxygen atoms in total. The molecule has 35 heavy (non-hydrogen) atoms. The highest BCUT2D eigenvalue weighted by Gasteiger charge is 2.32. The number of nitrogens with one attached hydrogen (secondary N) is 1. The molecule has 2 amide bonds. The summed E-state index contributed by atoms with van der Waals surface area (Å²) in [4.78, 5) is 31.4. The fourth-order valence-electron chi connectivity index (χ4n) is 4.19. The quantitative estimate of drug-likeness (QED) is 0.408. The standard InChI is InChI=1S/C28H26N4O2S/c1-20-29-15-16-31(20)25-13-7-21(8-14-25)17-30-27(34)23-9-11-24(12-10-23)28-32(26(33)19-35-28)18-22-5-3-2-4-6-22/h2-16,28H,17-19H2,1H3,(H,30,34)/t28-/m0/s1. The van der Waals surface area contributed by atoms with Crippen molar-refractivity contribution in [3.8, 4) is 5.69 Å². The summed E-state index contributed by atoms with van der Waals surface area (Å²) in [6, 6.07) is 25.6. The van der Waals surface area contributed by atoms with Crippen LogP contribution in [0.4, 0.5) is 0 Å². The van der Waals surface area contributed by atoms with E-state index in [9.17, 15) is 9.59 Å². The van der Waals surface area contributed by atoms with Crippen LogP contribution in [0.5, 0.6) is 0 Å². The van der Waals surface area contributed by atoms with E-state index in [2.05, 4.69) is 10.3 Å². The number of hydrogen-bond donors (Lipinski definition) is 1. The van der Waals surface area contributed by atoms with E-state index in [4.69, 9.17) is 0 Å². The lowest BCUT2D eigenvalue weighted by Gasteiger charge is -2.24. The first-order valence-electron chi connectivity index (χ1n) is 11.5. The third-order valence-corrected chi connectivity index (χ3v) is 7.37. The summed E-state index contributed by atoms with van der Waals surface area (Å²) in [5, 5.41) is 2.95. The summed E-state index contributed by atoms with van der Waals surface area (Å²) in [5.74, 6) is 1.42. The molecule has 0 unspecified atom stereocenters. The van der Waals surface area contributed by atoms with Crippen molar-refractivity contribution in [1.29, 1.82) is 0 Å². The van der Waals surface area contributed by atoms with Gasteiger partial charge in [0.2, 0.25) is 5.91 Å². The summed E-state index contributed by atoms with van der Waals surface area (Å²) in [5.41, 5.74) is 4.80. The largest absolute Gasteiger partial charge is 0.348 e. The number of imidazole rings is 1. The van der Waals surface area contributed by atoms with Crippen LogP contribution in [-0.4, -0.2) is 32.0 Å². The molecule has 1 saturated heterocycles. The zero-order valence-corrected chi connectivity index (χ0v) is 20.2. The molecule has 2 heterocycles. The van der Waals surface area contributed by atoms with Crippen LogP contribution in [0.15, 0.2) is 91.3 Å². The molecule has 1 atom stereocenters.